The fraction of sp³-hybridized carbons (Fsp3) is 0.214. The highest BCUT2D eigenvalue weighted by Gasteiger charge is 2.29. The van der Waals surface area contributed by atoms with Gasteiger partial charge in [-0.05, 0) is 36.9 Å². The van der Waals surface area contributed by atoms with E-state index < -0.39 is 4.92 Å². The predicted molar refractivity (Wildman–Crippen MR) is 153 cm³/mol. The first kappa shape index (κ1) is 26.4. The van der Waals surface area contributed by atoms with E-state index in [0.29, 0.717) is 33.2 Å². The van der Waals surface area contributed by atoms with Crippen LogP contribution < -0.4 is 16.0 Å². The van der Waals surface area contributed by atoms with Crippen LogP contribution in [0.15, 0.2) is 66.7 Å². The van der Waals surface area contributed by atoms with Gasteiger partial charge < -0.3 is 20.9 Å². The first-order chi connectivity index (χ1) is 18.8. The smallest absolute Gasteiger partial charge is 0.294 e. The van der Waals surface area contributed by atoms with E-state index in [2.05, 4.69) is 20.9 Å². The number of halogens is 1. The molecule has 0 saturated carbocycles. The number of piperazine rings is 1. The number of nitro groups is 1. The van der Waals surface area contributed by atoms with Gasteiger partial charge in [0.05, 0.1) is 28.4 Å². The average Bonchev–Trinajstić information content (AvgIpc) is 3.24. The molecule has 0 aromatic heterocycles. The summed E-state index contributed by atoms with van der Waals surface area (Å²) in [6.07, 6.45) is 0. The summed E-state index contributed by atoms with van der Waals surface area (Å²) in [7, 11) is 2.03. The first-order valence-electron chi connectivity index (χ1n) is 12.5. The molecule has 0 aliphatic carbocycles. The largest absolute Gasteiger partial charge is 0.354 e. The molecule has 2 heterocycles. The molecule has 1 saturated heterocycles. The molecular formula is C28H27ClN6O4. The molecule has 2 amide bonds. The van der Waals surface area contributed by atoms with Crippen molar-refractivity contribution >= 4 is 57.4 Å². The lowest BCUT2D eigenvalue weighted by molar-refractivity contribution is -0.383. The van der Waals surface area contributed by atoms with Gasteiger partial charge in [-0.2, -0.15) is 0 Å². The third-order valence-electron chi connectivity index (χ3n) is 6.74. The Balaban J connectivity index is 1.45. The van der Waals surface area contributed by atoms with Gasteiger partial charge in [0, 0.05) is 48.5 Å². The zero-order valence-corrected chi connectivity index (χ0v) is 22.0. The maximum absolute atomic E-state index is 13.1. The van der Waals surface area contributed by atoms with E-state index in [1.807, 2.05) is 42.3 Å². The summed E-state index contributed by atoms with van der Waals surface area (Å²) in [4.78, 5) is 41.4. The zero-order valence-electron chi connectivity index (χ0n) is 21.2. The van der Waals surface area contributed by atoms with Crippen LogP contribution in [-0.4, -0.2) is 66.3 Å². The van der Waals surface area contributed by atoms with Crippen LogP contribution in [0.2, 0.25) is 5.02 Å². The van der Waals surface area contributed by atoms with E-state index in [9.17, 15) is 19.7 Å². The van der Waals surface area contributed by atoms with Gasteiger partial charge in [0.15, 0.2) is 0 Å². The second kappa shape index (κ2) is 11.2. The molecule has 10 nitrogen and oxygen atoms in total. The molecule has 200 valence electrons. The quantitative estimate of drug-likeness (QED) is 0.229. The summed E-state index contributed by atoms with van der Waals surface area (Å²) in [5, 5.41) is 21.2. The van der Waals surface area contributed by atoms with Crippen LogP contribution in [0.4, 0.5) is 22.7 Å². The molecule has 0 atom stereocenters. The Morgan fingerprint density at radius 1 is 1.03 bits per heavy atom. The van der Waals surface area contributed by atoms with Gasteiger partial charge in [0.25, 0.3) is 11.6 Å². The summed E-state index contributed by atoms with van der Waals surface area (Å²) in [5.41, 5.74) is 3.08. The van der Waals surface area contributed by atoms with Crippen LogP contribution in [0.5, 0.6) is 0 Å². The molecule has 2 aliphatic heterocycles. The Kier molecular flexibility index (Phi) is 7.60. The summed E-state index contributed by atoms with van der Waals surface area (Å²) in [6, 6.07) is 18.9. The summed E-state index contributed by atoms with van der Waals surface area (Å²) >= 11 is 6.12. The van der Waals surface area contributed by atoms with E-state index in [4.69, 9.17) is 11.6 Å². The number of amides is 2. The van der Waals surface area contributed by atoms with Gasteiger partial charge >= 0.3 is 0 Å². The van der Waals surface area contributed by atoms with Crippen LogP contribution in [-0.2, 0) is 9.59 Å². The highest BCUT2D eigenvalue weighted by atomic mass is 35.5. The second-order valence-corrected chi connectivity index (χ2v) is 9.94. The number of carbonyl (C=O) groups is 2. The average molecular weight is 547 g/mol. The Bertz CT molecular complexity index is 1470. The molecule has 1 fully saturated rings. The molecular weight excluding hydrogens is 520 g/mol. The Labute approximate surface area is 230 Å². The molecule has 11 heteroatoms. The third kappa shape index (κ3) is 5.93. The number of nitro benzene ring substituents is 1. The monoisotopic (exact) mass is 546 g/mol. The van der Waals surface area contributed by atoms with Gasteiger partial charge in [-0.25, -0.2) is 0 Å². The lowest BCUT2D eigenvalue weighted by Crippen LogP contribution is -2.47. The number of nitrogens with one attached hydrogen (secondary N) is 3. The minimum Gasteiger partial charge on any atom is -0.354 e. The summed E-state index contributed by atoms with van der Waals surface area (Å²) < 4.78 is 0. The lowest BCUT2D eigenvalue weighted by Gasteiger charge is -2.31. The van der Waals surface area contributed by atoms with Crippen molar-refractivity contribution in [3.8, 4) is 0 Å². The van der Waals surface area contributed by atoms with E-state index in [0.717, 1.165) is 31.7 Å². The van der Waals surface area contributed by atoms with Crippen molar-refractivity contribution in [1.29, 1.82) is 0 Å². The minimum atomic E-state index is -0.536. The fourth-order valence-electron chi connectivity index (χ4n) is 4.69. The standard InChI is InChI=1S/C28H27ClN6O4/c1-33-11-13-34(14-12-33)17-25(36)31-22-10-8-20(16-24(22)35(38)39)30-27(18-5-3-2-4-6-18)26-21-9-7-19(29)15-23(21)32-28(26)37/h2-10,15-16,30H,11-14,17H2,1H3,(H,31,36)(H,32,37). The fourth-order valence-corrected chi connectivity index (χ4v) is 4.86. The van der Waals surface area contributed by atoms with Crippen molar-refractivity contribution in [3.05, 3.63) is 93.0 Å². The predicted octanol–water partition coefficient (Wildman–Crippen LogP) is 4.37. The van der Waals surface area contributed by atoms with Gasteiger partial charge in [-0.3, -0.25) is 24.6 Å². The van der Waals surface area contributed by atoms with Gasteiger partial charge in [0.1, 0.15) is 5.69 Å². The van der Waals surface area contributed by atoms with E-state index in [1.165, 1.54) is 12.1 Å². The summed E-state index contributed by atoms with van der Waals surface area (Å²) in [5.74, 6) is -0.630. The molecule has 0 radical (unpaired) electrons. The van der Waals surface area contributed by atoms with Gasteiger partial charge in [0.2, 0.25) is 5.91 Å². The molecule has 3 aromatic rings. The SMILES string of the molecule is CN1CCN(CC(=O)Nc2ccc(NC(=C3C(=O)Nc4cc(Cl)ccc43)c3ccccc3)cc2[N+](=O)[O-])CC1. The molecule has 3 aromatic carbocycles. The highest BCUT2D eigenvalue weighted by Crippen LogP contribution is 2.39. The van der Waals surface area contributed by atoms with Crippen molar-refractivity contribution < 1.29 is 14.5 Å². The number of nitrogens with zero attached hydrogens (tertiary/aromatic N) is 3. The molecule has 2 aliphatic rings. The number of rotatable bonds is 7. The highest BCUT2D eigenvalue weighted by molar-refractivity contribution is 6.38. The molecule has 0 unspecified atom stereocenters. The topological polar surface area (TPSA) is 120 Å². The minimum absolute atomic E-state index is 0.109. The first-order valence-corrected chi connectivity index (χ1v) is 12.8. The van der Waals surface area contributed by atoms with Crippen molar-refractivity contribution in [3.63, 3.8) is 0 Å². The van der Waals surface area contributed by atoms with Crippen LogP contribution in [0.1, 0.15) is 11.1 Å². The number of benzene rings is 3. The van der Waals surface area contributed by atoms with Crippen LogP contribution in [0.3, 0.4) is 0 Å². The van der Waals surface area contributed by atoms with Gasteiger partial charge in [-0.1, -0.05) is 48.0 Å². The van der Waals surface area contributed by atoms with Crippen molar-refractivity contribution in [2.24, 2.45) is 0 Å². The normalized spacial score (nSPS) is 16.8. The number of hydrogen-bond acceptors (Lipinski definition) is 7. The van der Waals surface area contributed by atoms with Crippen molar-refractivity contribution in [2.75, 3.05) is 55.7 Å². The molecule has 0 spiro atoms. The Hall–Kier alpha value is -4.25. The molecule has 5 rings (SSSR count). The van der Waals surface area contributed by atoms with Gasteiger partial charge in [-0.15, -0.1) is 0 Å². The van der Waals surface area contributed by atoms with Crippen molar-refractivity contribution in [1.82, 2.24) is 9.80 Å². The van der Waals surface area contributed by atoms with E-state index >= 15 is 0 Å². The summed E-state index contributed by atoms with van der Waals surface area (Å²) in [6.45, 7) is 3.41. The Morgan fingerprint density at radius 2 is 1.77 bits per heavy atom. The number of likely N-dealkylation sites (N-methyl/N-ethyl adjacent to an activating group) is 1. The molecule has 3 N–H and O–H groups in total. The van der Waals surface area contributed by atoms with Crippen LogP contribution in [0, 0.1) is 10.1 Å². The third-order valence-corrected chi connectivity index (χ3v) is 6.97. The Morgan fingerprint density at radius 3 is 2.49 bits per heavy atom. The maximum Gasteiger partial charge on any atom is 0.294 e. The van der Waals surface area contributed by atoms with Crippen LogP contribution in [0.25, 0.3) is 11.3 Å². The number of fused-ring (bicyclic) bond motifs is 1. The van der Waals surface area contributed by atoms with Crippen LogP contribution >= 0.6 is 11.6 Å². The molecule has 0 bridgehead atoms. The number of carbonyl (C=O) groups excluding carboxylic acids is 2. The van der Waals surface area contributed by atoms with Crippen molar-refractivity contribution in [2.45, 2.75) is 0 Å². The number of hydrogen-bond donors (Lipinski definition) is 3. The number of anilines is 3. The maximum atomic E-state index is 13.1. The zero-order chi connectivity index (χ0) is 27.5. The van der Waals surface area contributed by atoms with E-state index in [1.54, 1.807) is 24.3 Å². The van der Waals surface area contributed by atoms with E-state index in [-0.39, 0.29) is 29.7 Å². The lowest BCUT2D eigenvalue weighted by atomic mass is 10.00. The second-order valence-electron chi connectivity index (χ2n) is 9.50. The molecule has 39 heavy (non-hydrogen) atoms.